The van der Waals surface area contributed by atoms with Crippen molar-refractivity contribution in [3.05, 3.63) is 23.2 Å². The van der Waals surface area contributed by atoms with Crippen LogP contribution in [0.2, 0.25) is 5.02 Å². The molecule has 0 heterocycles. The summed E-state index contributed by atoms with van der Waals surface area (Å²) < 4.78 is 10.6. The zero-order valence-electron chi connectivity index (χ0n) is 13.1. The zero-order valence-corrected chi connectivity index (χ0v) is 13.8. The fourth-order valence-corrected chi connectivity index (χ4v) is 2.05. The summed E-state index contributed by atoms with van der Waals surface area (Å²) in [5.74, 6) is 1.41. The van der Waals surface area contributed by atoms with Gasteiger partial charge in [-0.15, -0.1) is 0 Å². The lowest BCUT2D eigenvalue weighted by Crippen LogP contribution is -2.25. The largest absolute Gasteiger partial charge is 0.497 e. The fourth-order valence-electron chi connectivity index (χ4n) is 1.87. The second kappa shape index (κ2) is 9.87. The van der Waals surface area contributed by atoms with Crippen LogP contribution >= 0.6 is 11.6 Å². The van der Waals surface area contributed by atoms with Crippen LogP contribution in [0.4, 0.5) is 5.69 Å². The highest BCUT2D eigenvalue weighted by atomic mass is 35.5. The van der Waals surface area contributed by atoms with Crippen molar-refractivity contribution in [3.63, 3.8) is 0 Å². The van der Waals surface area contributed by atoms with Crippen molar-refractivity contribution in [2.75, 3.05) is 32.2 Å². The van der Waals surface area contributed by atoms with Crippen LogP contribution in [0.3, 0.4) is 0 Å². The first kappa shape index (κ1) is 18.1. The van der Waals surface area contributed by atoms with Crippen LogP contribution in [0.15, 0.2) is 18.2 Å². The summed E-state index contributed by atoms with van der Waals surface area (Å²) in [6.45, 7) is 5.78. The lowest BCUT2D eigenvalue weighted by atomic mass is 10.1. The molecule has 1 aromatic rings. The van der Waals surface area contributed by atoms with Crippen LogP contribution < -0.4 is 10.1 Å². The minimum atomic E-state index is -0.564. The first-order valence-electron chi connectivity index (χ1n) is 7.36. The lowest BCUT2D eigenvalue weighted by molar-refractivity contribution is 0.0409. The zero-order chi connectivity index (χ0) is 15.7. The molecule has 0 aliphatic heterocycles. The van der Waals surface area contributed by atoms with E-state index in [1.807, 2.05) is 0 Å². The molecule has 1 rings (SSSR count). The number of benzene rings is 1. The molecule has 0 radical (unpaired) electrons. The topological polar surface area (TPSA) is 50.7 Å². The maximum absolute atomic E-state index is 9.87. The predicted molar refractivity (Wildman–Crippen MR) is 87.4 cm³/mol. The number of ether oxygens (including phenoxy) is 2. The van der Waals surface area contributed by atoms with Gasteiger partial charge in [-0.2, -0.15) is 0 Å². The summed E-state index contributed by atoms with van der Waals surface area (Å²) in [6, 6.07) is 5.36. The minimum absolute atomic E-state index is 0.326. The highest BCUT2D eigenvalue weighted by molar-refractivity contribution is 6.33. The average Bonchev–Trinajstić information content (AvgIpc) is 2.45. The van der Waals surface area contributed by atoms with E-state index in [1.165, 1.54) is 0 Å². The predicted octanol–water partition coefficient (Wildman–Crippen LogP) is 3.57. The van der Waals surface area contributed by atoms with E-state index in [0.29, 0.717) is 30.7 Å². The van der Waals surface area contributed by atoms with Gasteiger partial charge in [-0.05, 0) is 30.9 Å². The van der Waals surface area contributed by atoms with Crippen LogP contribution in [-0.4, -0.2) is 38.1 Å². The molecule has 0 aliphatic carbocycles. The van der Waals surface area contributed by atoms with Crippen molar-refractivity contribution in [3.8, 4) is 5.75 Å². The van der Waals surface area contributed by atoms with Crippen molar-refractivity contribution >= 4 is 17.3 Å². The van der Waals surface area contributed by atoms with E-state index in [9.17, 15) is 5.11 Å². The Morgan fingerprint density at radius 3 is 2.76 bits per heavy atom. The van der Waals surface area contributed by atoms with E-state index in [1.54, 1.807) is 25.3 Å². The molecule has 0 fully saturated rings. The first-order valence-corrected chi connectivity index (χ1v) is 7.74. The van der Waals surface area contributed by atoms with Crippen molar-refractivity contribution in [2.45, 2.75) is 32.8 Å². The molecule has 0 saturated heterocycles. The molecule has 4 nitrogen and oxygen atoms in total. The van der Waals surface area contributed by atoms with E-state index >= 15 is 0 Å². The number of aliphatic hydroxyl groups excluding tert-OH is 1. The third-order valence-electron chi connectivity index (χ3n) is 3.08. The van der Waals surface area contributed by atoms with E-state index in [-0.39, 0.29) is 0 Å². The second-order valence-corrected chi connectivity index (χ2v) is 5.90. The van der Waals surface area contributed by atoms with Gasteiger partial charge in [-0.25, -0.2) is 0 Å². The van der Waals surface area contributed by atoms with E-state index in [0.717, 1.165) is 24.3 Å². The number of methoxy groups -OCH3 is 1. The lowest BCUT2D eigenvalue weighted by Gasteiger charge is -2.15. The summed E-state index contributed by atoms with van der Waals surface area (Å²) in [5, 5.41) is 13.6. The molecular formula is C16H26ClNO3. The maximum atomic E-state index is 9.87. The number of hydrogen-bond donors (Lipinski definition) is 2. The van der Waals surface area contributed by atoms with Crippen LogP contribution in [0, 0.1) is 5.92 Å². The monoisotopic (exact) mass is 315 g/mol. The number of hydrogen-bond acceptors (Lipinski definition) is 4. The summed E-state index contributed by atoms with van der Waals surface area (Å²) in [5.41, 5.74) is 0.745. The van der Waals surface area contributed by atoms with Gasteiger partial charge in [0, 0.05) is 19.2 Å². The highest BCUT2D eigenvalue weighted by Crippen LogP contribution is 2.26. The Morgan fingerprint density at radius 2 is 2.10 bits per heavy atom. The number of aliphatic hydroxyl groups is 1. The number of anilines is 1. The van der Waals surface area contributed by atoms with Crippen molar-refractivity contribution in [1.29, 1.82) is 0 Å². The summed E-state index contributed by atoms with van der Waals surface area (Å²) >= 11 is 6.08. The van der Waals surface area contributed by atoms with Gasteiger partial charge in [-0.1, -0.05) is 25.4 Å². The Bertz CT molecular complexity index is 413. The molecule has 1 unspecified atom stereocenters. The molecule has 0 bridgehead atoms. The Morgan fingerprint density at radius 1 is 1.33 bits per heavy atom. The summed E-state index contributed by atoms with van der Waals surface area (Å²) in [4.78, 5) is 0. The standard InChI is InChI=1S/C16H26ClNO3/c1-12(2)5-4-8-21-11-13(19)10-18-16-9-14(20-3)6-7-15(16)17/h6-7,9,12-13,18-19H,4-5,8,10-11H2,1-3H3. The van der Waals surface area contributed by atoms with Crippen molar-refractivity contribution in [1.82, 2.24) is 0 Å². The summed E-state index contributed by atoms with van der Waals surface area (Å²) in [6.07, 6.45) is 1.61. The fraction of sp³-hybridized carbons (Fsp3) is 0.625. The number of nitrogens with one attached hydrogen (secondary N) is 1. The van der Waals surface area contributed by atoms with Crippen LogP contribution in [0.25, 0.3) is 0 Å². The van der Waals surface area contributed by atoms with Gasteiger partial charge in [-0.3, -0.25) is 0 Å². The van der Waals surface area contributed by atoms with Crippen LogP contribution in [0.1, 0.15) is 26.7 Å². The molecule has 21 heavy (non-hydrogen) atoms. The minimum Gasteiger partial charge on any atom is -0.497 e. The normalized spacial score (nSPS) is 12.5. The molecular weight excluding hydrogens is 290 g/mol. The van der Waals surface area contributed by atoms with Gasteiger partial charge in [0.1, 0.15) is 5.75 Å². The molecule has 0 aromatic heterocycles. The van der Waals surface area contributed by atoms with Gasteiger partial charge in [0.2, 0.25) is 0 Å². The van der Waals surface area contributed by atoms with Gasteiger partial charge in [0.05, 0.1) is 30.5 Å². The molecule has 1 atom stereocenters. The maximum Gasteiger partial charge on any atom is 0.121 e. The van der Waals surface area contributed by atoms with Gasteiger partial charge in [0.25, 0.3) is 0 Å². The quantitative estimate of drug-likeness (QED) is 0.648. The van der Waals surface area contributed by atoms with E-state index in [2.05, 4.69) is 19.2 Å². The molecule has 0 aliphatic rings. The molecule has 1 aromatic carbocycles. The van der Waals surface area contributed by atoms with Gasteiger partial charge >= 0.3 is 0 Å². The third-order valence-corrected chi connectivity index (χ3v) is 3.41. The third kappa shape index (κ3) is 7.55. The van der Waals surface area contributed by atoms with E-state index in [4.69, 9.17) is 21.1 Å². The smallest absolute Gasteiger partial charge is 0.121 e. The average molecular weight is 316 g/mol. The van der Waals surface area contributed by atoms with E-state index < -0.39 is 6.10 Å². The summed E-state index contributed by atoms with van der Waals surface area (Å²) in [7, 11) is 1.60. The van der Waals surface area contributed by atoms with Crippen molar-refractivity contribution in [2.24, 2.45) is 5.92 Å². The molecule has 0 amide bonds. The number of halogens is 1. The Labute approximate surface area is 132 Å². The first-order chi connectivity index (χ1) is 10.0. The van der Waals surface area contributed by atoms with Crippen LogP contribution in [0.5, 0.6) is 5.75 Å². The Kier molecular flexibility index (Phi) is 8.50. The number of rotatable bonds is 10. The Balaban J connectivity index is 2.25. The molecule has 0 saturated carbocycles. The van der Waals surface area contributed by atoms with Gasteiger partial charge < -0.3 is 19.9 Å². The van der Waals surface area contributed by atoms with Crippen molar-refractivity contribution < 1.29 is 14.6 Å². The SMILES string of the molecule is COc1ccc(Cl)c(NCC(O)COCCCC(C)C)c1. The molecule has 0 spiro atoms. The molecule has 120 valence electrons. The van der Waals surface area contributed by atoms with Crippen LogP contribution in [-0.2, 0) is 4.74 Å². The second-order valence-electron chi connectivity index (χ2n) is 5.49. The molecule has 2 N–H and O–H groups in total. The molecule has 5 heteroatoms. The highest BCUT2D eigenvalue weighted by Gasteiger charge is 2.07. The Hall–Kier alpha value is -0.970. The van der Waals surface area contributed by atoms with Gasteiger partial charge in [0.15, 0.2) is 0 Å².